The van der Waals surface area contributed by atoms with Crippen LogP contribution in [0.2, 0.25) is 0 Å². The third-order valence-electron chi connectivity index (χ3n) is 4.34. The molecule has 0 spiro atoms. The van der Waals surface area contributed by atoms with Crippen molar-refractivity contribution in [3.05, 3.63) is 65.0 Å². The Labute approximate surface area is 132 Å². The molecule has 2 aliphatic rings. The molecule has 0 radical (unpaired) electrons. The Hall–Kier alpha value is -2.53. The smallest absolute Gasteiger partial charge is 0.278 e. The number of hydrogen-bond acceptors (Lipinski definition) is 3. The molecular weight excluding hydrogens is 295 g/mol. The maximum Gasteiger partial charge on any atom is 0.278 e. The van der Waals surface area contributed by atoms with Gasteiger partial charge in [0.15, 0.2) is 0 Å². The van der Waals surface area contributed by atoms with E-state index in [1.807, 2.05) is 18.2 Å². The van der Waals surface area contributed by atoms with Crippen LogP contribution < -0.4 is 4.90 Å². The van der Waals surface area contributed by atoms with E-state index < -0.39 is 18.0 Å². The van der Waals surface area contributed by atoms with Crippen LogP contribution in [0, 0.1) is 5.82 Å². The third kappa shape index (κ3) is 2.16. The molecule has 0 saturated carbocycles. The zero-order chi connectivity index (χ0) is 16.0. The first-order valence-corrected chi connectivity index (χ1v) is 7.61. The lowest BCUT2D eigenvalue weighted by molar-refractivity contribution is -0.126. The number of aliphatic hydroxyl groups is 1. The molecule has 5 heteroatoms. The van der Waals surface area contributed by atoms with Gasteiger partial charge in [-0.3, -0.25) is 4.79 Å². The summed E-state index contributed by atoms with van der Waals surface area (Å²) >= 11 is 0. The average molecular weight is 310 g/mol. The SMILES string of the molecule is O=C1C(O)N=C(c2ccccc2F)c2cccc3c2N1CCC3. The summed E-state index contributed by atoms with van der Waals surface area (Å²) in [5, 5.41) is 10.2. The molecule has 4 rings (SSSR count). The monoisotopic (exact) mass is 310 g/mol. The average Bonchev–Trinajstić information content (AvgIpc) is 2.68. The highest BCUT2D eigenvalue weighted by Gasteiger charge is 2.34. The van der Waals surface area contributed by atoms with Gasteiger partial charge in [-0.2, -0.15) is 0 Å². The van der Waals surface area contributed by atoms with Crippen molar-refractivity contribution in [1.82, 2.24) is 0 Å². The molecular formula is C18H15FN2O2. The van der Waals surface area contributed by atoms with Gasteiger partial charge in [-0.15, -0.1) is 0 Å². The number of rotatable bonds is 1. The van der Waals surface area contributed by atoms with E-state index in [1.54, 1.807) is 23.1 Å². The molecule has 0 aromatic heterocycles. The van der Waals surface area contributed by atoms with Crippen LogP contribution in [0.25, 0.3) is 0 Å². The largest absolute Gasteiger partial charge is 0.364 e. The molecule has 2 aliphatic heterocycles. The van der Waals surface area contributed by atoms with Crippen molar-refractivity contribution in [2.24, 2.45) is 4.99 Å². The van der Waals surface area contributed by atoms with Gasteiger partial charge in [0.2, 0.25) is 6.23 Å². The second-order valence-corrected chi connectivity index (χ2v) is 5.74. The maximum atomic E-state index is 14.3. The van der Waals surface area contributed by atoms with E-state index in [1.165, 1.54) is 6.07 Å². The molecule has 0 bridgehead atoms. The topological polar surface area (TPSA) is 52.9 Å². The van der Waals surface area contributed by atoms with E-state index in [9.17, 15) is 14.3 Å². The van der Waals surface area contributed by atoms with Gasteiger partial charge in [0, 0.05) is 17.7 Å². The number of carbonyl (C=O) groups is 1. The van der Waals surface area contributed by atoms with Crippen LogP contribution in [0.3, 0.4) is 0 Å². The highest BCUT2D eigenvalue weighted by molar-refractivity contribution is 6.20. The predicted molar refractivity (Wildman–Crippen MR) is 85.2 cm³/mol. The Kier molecular flexibility index (Phi) is 3.23. The van der Waals surface area contributed by atoms with Gasteiger partial charge < -0.3 is 10.0 Å². The highest BCUT2D eigenvalue weighted by Crippen LogP contribution is 2.35. The van der Waals surface area contributed by atoms with Crippen LogP contribution in [0.4, 0.5) is 10.1 Å². The second-order valence-electron chi connectivity index (χ2n) is 5.74. The fourth-order valence-electron chi connectivity index (χ4n) is 3.32. The standard InChI is InChI=1S/C18H15FN2O2/c19-14-9-2-1-7-12(14)15-13-8-3-5-11-6-4-10-21(16(11)13)18(23)17(22)20-15/h1-3,5,7-9,17,22H,4,6,10H2. The number of benzene rings is 2. The Morgan fingerprint density at radius 2 is 1.91 bits per heavy atom. The summed E-state index contributed by atoms with van der Waals surface area (Å²) in [6, 6.07) is 12.0. The molecule has 0 fully saturated rings. The molecule has 2 aromatic rings. The summed E-state index contributed by atoms with van der Waals surface area (Å²) in [7, 11) is 0. The Bertz CT molecular complexity index is 832. The van der Waals surface area contributed by atoms with E-state index >= 15 is 0 Å². The summed E-state index contributed by atoms with van der Waals surface area (Å²) in [5.41, 5.74) is 3.09. The van der Waals surface area contributed by atoms with Crippen LogP contribution >= 0.6 is 0 Å². The molecule has 4 nitrogen and oxygen atoms in total. The van der Waals surface area contributed by atoms with E-state index in [0.29, 0.717) is 23.4 Å². The van der Waals surface area contributed by atoms with Gasteiger partial charge in [-0.1, -0.05) is 30.3 Å². The fraction of sp³-hybridized carbons (Fsp3) is 0.222. The molecule has 2 aromatic carbocycles. The molecule has 1 N–H and O–H groups in total. The summed E-state index contributed by atoms with van der Waals surface area (Å²) in [4.78, 5) is 18.2. The molecule has 1 unspecified atom stereocenters. The van der Waals surface area contributed by atoms with E-state index in [-0.39, 0.29) is 0 Å². The molecule has 116 valence electrons. The lowest BCUT2D eigenvalue weighted by Gasteiger charge is -2.30. The second kappa shape index (κ2) is 5.28. The molecule has 1 atom stereocenters. The van der Waals surface area contributed by atoms with Gasteiger partial charge in [0.1, 0.15) is 5.82 Å². The first kappa shape index (κ1) is 14.1. The van der Waals surface area contributed by atoms with E-state index in [0.717, 1.165) is 24.1 Å². The maximum absolute atomic E-state index is 14.3. The number of aliphatic hydroxyl groups excluding tert-OH is 1. The number of aryl methyl sites for hydroxylation is 1. The van der Waals surface area contributed by atoms with Crippen molar-refractivity contribution in [1.29, 1.82) is 0 Å². The third-order valence-corrected chi connectivity index (χ3v) is 4.34. The van der Waals surface area contributed by atoms with Crippen molar-refractivity contribution < 1.29 is 14.3 Å². The van der Waals surface area contributed by atoms with Crippen molar-refractivity contribution in [3.63, 3.8) is 0 Å². The number of anilines is 1. The van der Waals surface area contributed by atoms with Gasteiger partial charge in [-0.05, 0) is 30.5 Å². The zero-order valence-electron chi connectivity index (χ0n) is 12.4. The van der Waals surface area contributed by atoms with Gasteiger partial charge in [-0.25, -0.2) is 9.38 Å². The fourth-order valence-corrected chi connectivity index (χ4v) is 3.32. The van der Waals surface area contributed by atoms with Crippen LogP contribution in [-0.2, 0) is 11.2 Å². The Morgan fingerprint density at radius 3 is 2.74 bits per heavy atom. The van der Waals surface area contributed by atoms with E-state index in [2.05, 4.69) is 4.99 Å². The molecule has 1 amide bonds. The van der Waals surface area contributed by atoms with Gasteiger partial charge >= 0.3 is 0 Å². The lowest BCUT2D eigenvalue weighted by Crippen LogP contribution is -2.40. The minimum atomic E-state index is -1.51. The number of hydrogen-bond donors (Lipinski definition) is 1. The Morgan fingerprint density at radius 1 is 1.13 bits per heavy atom. The Balaban J connectivity index is 2.01. The number of aliphatic imine (C=N–C) groups is 1. The molecule has 0 aliphatic carbocycles. The first-order chi connectivity index (χ1) is 11.2. The minimum absolute atomic E-state index is 0.292. The lowest BCUT2D eigenvalue weighted by atomic mass is 9.93. The summed E-state index contributed by atoms with van der Waals surface area (Å²) in [6.45, 7) is 0.542. The highest BCUT2D eigenvalue weighted by atomic mass is 19.1. The quantitative estimate of drug-likeness (QED) is 0.878. The van der Waals surface area contributed by atoms with Crippen molar-refractivity contribution >= 4 is 17.3 Å². The van der Waals surface area contributed by atoms with Crippen LogP contribution in [0.15, 0.2) is 47.5 Å². The normalized spacial score (nSPS) is 19.9. The van der Waals surface area contributed by atoms with Gasteiger partial charge in [0.05, 0.1) is 11.4 Å². The first-order valence-electron chi connectivity index (χ1n) is 7.61. The summed E-state index contributed by atoms with van der Waals surface area (Å²) in [5.74, 6) is -0.877. The molecule has 2 heterocycles. The molecule has 23 heavy (non-hydrogen) atoms. The minimum Gasteiger partial charge on any atom is -0.364 e. The number of nitrogens with zero attached hydrogens (tertiary/aromatic N) is 2. The van der Waals surface area contributed by atoms with Gasteiger partial charge in [0.25, 0.3) is 5.91 Å². The van der Waals surface area contributed by atoms with Crippen LogP contribution in [0.5, 0.6) is 0 Å². The van der Waals surface area contributed by atoms with E-state index in [4.69, 9.17) is 0 Å². The van der Waals surface area contributed by atoms with Crippen LogP contribution in [-0.4, -0.2) is 29.5 Å². The number of halogens is 1. The van der Waals surface area contributed by atoms with Crippen molar-refractivity contribution in [2.75, 3.05) is 11.4 Å². The number of carbonyl (C=O) groups excluding carboxylic acids is 1. The van der Waals surface area contributed by atoms with Crippen molar-refractivity contribution in [2.45, 2.75) is 19.1 Å². The zero-order valence-corrected chi connectivity index (χ0v) is 12.4. The summed E-state index contributed by atoms with van der Waals surface area (Å²) < 4.78 is 14.3. The van der Waals surface area contributed by atoms with Crippen LogP contribution in [0.1, 0.15) is 23.1 Å². The molecule has 0 saturated heterocycles. The summed E-state index contributed by atoms with van der Waals surface area (Å²) in [6.07, 6.45) is 0.181. The predicted octanol–water partition coefficient (Wildman–Crippen LogP) is 2.27. The van der Waals surface area contributed by atoms with Crippen molar-refractivity contribution in [3.8, 4) is 0 Å². The number of para-hydroxylation sites is 1. The number of amides is 1.